The number of carbonyl (C=O) groups excluding carboxylic acids is 1. The number of ether oxygens (including phenoxy) is 1. The summed E-state index contributed by atoms with van der Waals surface area (Å²) in [5, 5.41) is 0. The number of methoxy groups -OCH3 is 1. The minimum Gasteiger partial charge on any atom is -0.384 e. The van der Waals surface area contributed by atoms with Crippen molar-refractivity contribution in [3.63, 3.8) is 0 Å². The largest absolute Gasteiger partial charge is 0.384 e. The summed E-state index contributed by atoms with van der Waals surface area (Å²) in [7, 11) is 1.63. The molecular weight excluding hydrogens is 366 g/mol. The summed E-state index contributed by atoms with van der Waals surface area (Å²) in [4.78, 5) is 32.2. The number of carbonyl (C=O) groups is 1. The topological polar surface area (TPSA) is 65.6 Å². The molecule has 29 heavy (non-hydrogen) atoms. The minimum atomic E-state index is -0.0172. The maximum atomic E-state index is 12.9. The number of aryl methyl sites for hydroxylation is 1. The van der Waals surface area contributed by atoms with Crippen LogP contribution in [0.1, 0.15) is 29.2 Å². The molecule has 3 atom stereocenters. The SMILES string of the molecule is COCCC(=O)N1C[C@@H]2CN(Cc3ccc[nH]c3=O)C[C@@H]2[C@H]1c1ccccc1C. The van der Waals surface area contributed by atoms with Gasteiger partial charge >= 0.3 is 0 Å². The average Bonchev–Trinajstić information content (AvgIpc) is 3.26. The molecule has 1 aromatic heterocycles. The van der Waals surface area contributed by atoms with Gasteiger partial charge in [0.1, 0.15) is 0 Å². The molecule has 0 saturated carbocycles. The Bertz CT molecular complexity index is 925. The van der Waals surface area contributed by atoms with Crippen molar-refractivity contribution in [2.75, 3.05) is 33.4 Å². The summed E-state index contributed by atoms with van der Waals surface area (Å²) in [5.41, 5.74) is 3.25. The zero-order valence-corrected chi connectivity index (χ0v) is 17.1. The average molecular weight is 396 g/mol. The molecule has 1 N–H and O–H groups in total. The van der Waals surface area contributed by atoms with Crippen molar-refractivity contribution in [3.8, 4) is 0 Å². The van der Waals surface area contributed by atoms with E-state index in [-0.39, 0.29) is 17.5 Å². The summed E-state index contributed by atoms with van der Waals surface area (Å²) in [6.07, 6.45) is 2.09. The second kappa shape index (κ2) is 8.51. The molecule has 3 heterocycles. The summed E-state index contributed by atoms with van der Waals surface area (Å²) >= 11 is 0. The fourth-order valence-corrected chi connectivity index (χ4v) is 4.99. The Morgan fingerprint density at radius 3 is 2.76 bits per heavy atom. The second-order valence-electron chi connectivity index (χ2n) is 8.23. The third-order valence-corrected chi connectivity index (χ3v) is 6.38. The van der Waals surface area contributed by atoms with Gasteiger partial charge in [0.25, 0.3) is 5.56 Å². The highest BCUT2D eigenvalue weighted by Crippen LogP contribution is 2.46. The Balaban J connectivity index is 1.57. The van der Waals surface area contributed by atoms with Crippen LogP contribution >= 0.6 is 0 Å². The maximum Gasteiger partial charge on any atom is 0.252 e. The highest BCUT2D eigenvalue weighted by Gasteiger charge is 2.49. The predicted molar refractivity (Wildman–Crippen MR) is 111 cm³/mol. The Labute approximate surface area is 171 Å². The minimum absolute atomic E-state index is 0.0172. The van der Waals surface area contributed by atoms with Crippen molar-refractivity contribution >= 4 is 5.91 Å². The van der Waals surface area contributed by atoms with Gasteiger partial charge in [-0.25, -0.2) is 0 Å². The standard InChI is InChI=1S/C23H29N3O3/c1-16-6-3-4-8-19(16)22-20-15-25(12-17-7-5-10-24-23(17)28)13-18(20)14-26(22)21(27)9-11-29-2/h3-8,10,18,20,22H,9,11-15H2,1-2H3,(H,24,28)/t18-,20-,22+/m0/s1. The van der Waals surface area contributed by atoms with Gasteiger partial charge in [-0.1, -0.05) is 30.3 Å². The molecular formula is C23H29N3O3. The molecule has 6 nitrogen and oxygen atoms in total. The second-order valence-corrected chi connectivity index (χ2v) is 8.23. The fraction of sp³-hybridized carbons (Fsp3) is 0.478. The summed E-state index contributed by atoms with van der Waals surface area (Å²) in [6, 6.07) is 12.2. The lowest BCUT2D eigenvalue weighted by Crippen LogP contribution is -2.36. The van der Waals surface area contributed by atoms with Crippen LogP contribution in [0.3, 0.4) is 0 Å². The van der Waals surface area contributed by atoms with E-state index in [4.69, 9.17) is 4.74 Å². The number of amides is 1. The molecule has 2 saturated heterocycles. The lowest BCUT2D eigenvalue weighted by Gasteiger charge is -2.31. The normalized spacial score (nSPS) is 24.1. The van der Waals surface area contributed by atoms with Gasteiger partial charge in [-0.2, -0.15) is 0 Å². The van der Waals surface area contributed by atoms with Gasteiger partial charge in [-0.3, -0.25) is 14.5 Å². The third kappa shape index (κ3) is 4.00. The quantitative estimate of drug-likeness (QED) is 0.816. The number of likely N-dealkylation sites (tertiary alicyclic amines) is 2. The molecule has 0 bridgehead atoms. The van der Waals surface area contributed by atoms with Gasteiger partial charge in [0, 0.05) is 51.0 Å². The van der Waals surface area contributed by atoms with E-state index >= 15 is 0 Å². The predicted octanol–water partition coefficient (Wildman–Crippen LogP) is 2.35. The van der Waals surface area contributed by atoms with Crippen LogP contribution in [0, 0.1) is 18.8 Å². The Morgan fingerprint density at radius 2 is 2.00 bits per heavy atom. The van der Waals surface area contributed by atoms with Crippen LogP contribution in [0.5, 0.6) is 0 Å². The van der Waals surface area contributed by atoms with Gasteiger partial charge in [0.15, 0.2) is 0 Å². The van der Waals surface area contributed by atoms with Crippen LogP contribution < -0.4 is 5.56 Å². The van der Waals surface area contributed by atoms with Crippen molar-refractivity contribution in [2.24, 2.45) is 11.8 Å². The number of hydrogen-bond donors (Lipinski definition) is 1. The van der Waals surface area contributed by atoms with E-state index < -0.39 is 0 Å². The maximum absolute atomic E-state index is 12.9. The van der Waals surface area contributed by atoms with Crippen molar-refractivity contribution in [2.45, 2.75) is 25.9 Å². The van der Waals surface area contributed by atoms with E-state index in [1.807, 2.05) is 18.2 Å². The number of rotatable bonds is 6. The van der Waals surface area contributed by atoms with E-state index in [2.05, 4.69) is 39.9 Å². The van der Waals surface area contributed by atoms with E-state index in [1.54, 1.807) is 13.3 Å². The van der Waals surface area contributed by atoms with Crippen LogP contribution in [0.4, 0.5) is 0 Å². The van der Waals surface area contributed by atoms with Crippen LogP contribution in [0.2, 0.25) is 0 Å². The number of fused-ring (bicyclic) bond motifs is 1. The number of H-pyrrole nitrogens is 1. The zero-order valence-electron chi connectivity index (χ0n) is 17.1. The first-order valence-electron chi connectivity index (χ1n) is 10.3. The monoisotopic (exact) mass is 395 g/mol. The number of benzene rings is 1. The molecule has 1 aromatic carbocycles. The molecule has 154 valence electrons. The third-order valence-electron chi connectivity index (χ3n) is 6.38. The first-order chi connectivity index (χ1) is 14.1. The van der Waals surface area contributed by atoms with E-state index in [9.17, 15) is 9.59 Å². The summed E-state index contributed by atoms with van der Waals surface area (Å²) < 4.78 is 5.14. The van der Waals surface area contributed by atoms with Gasteiger partial charge in [-0.15, -0.1) is 0 Å². The van der Waals surface area contributed by atoms with Crippen molar-refractivity contribution in [1.29, 1.82) is 0 Å². The number of aromatic amines is 1. The Morgan fingerprint density at radius 1 is 1.17 bits per heavy atom. The first-order valence-corrected chi connectivity index (χ1v) is 10.3. The van der Waals surface area contributed by atoms with Gasteiger partial charge in [0.2, 0.25) is 5.91 Å². The zero-order chi connectivity index (χ0) is 20.4. The number of aromatic nitrogens is 1. The number of pyridine rings is 1. The van der Waals surface area contributed by atoms with E-state index in [0.717, 1.165) is 25.2 Å². The first kappa shape index (κ1) is 19.9. The number of nitrogens with one attached hydrogen (secondary N) is 1. The van der Waals surface area contributed by atoms with Crippen molar-refractivity contribution in [1.82, 2.24) is 14.8 Å². The van der Waals surface area contributed by atoms with Crippen molar-refractivity contribution < 1.29 is 9.53 Å². The lowest BCUT2D eigenvalue weighted by molar-refractivity contribution is -0.133. The van der Waals surface area contributed by atoms with Crippen LogP contribution in [0.25, 0.3) is 0 Å². The van der Waals surface area contributed by atoms with E-state index in [0.29, 0.717) is 31.4 Å². The van der Waals surface area contributed by atoms with Crippen LogP contribution in [-0.4, -0.2) is 54.0 Å². The number of nitrogens with zero attached hydrogens (tertiary/aromatic N) is 2. The molecule has 0 aliphatic carbocycles. The lowest BCUT2D eigenvalue weighted by atomic mass is 9.87. The van der Waals surface area contributed by atoms with Crippen molar-refractivity contribution in [3.05, 3.63) is 69.6 Å². The molecule has 0 spiro atoms. The number of hydrogen-bond acceptors (Lipinski definition) is 4. The van der Waals surface area contributed by atoms with Gasteiger partial charge < -0.3 is 14.6 Å². The highest BCUT2D eigenvalue weighted by atomic mass is 16.5. The molecule has 2 aromatic rings. The molecule has 6 heteroatoms. The summed E-state index contributed by atoms with van der Waals surface area (Å²) in [6.45, 7) is 5.81. The summed E-state index contributed by atoms with van der Waals surface area (Å²) in [5.74, 6) is 0.972. The Hall–Kier alpha value is -2.44. The van der Waals surface area contributed by atoms with Gasteiger partial charge in [0.05, 0.1) is 19.1 Å². The molecule has 0 unspecified atom stereocenters. The van der Waals surface area contributed by atoms with Gasteiger partial charge in [-0.05, 0) is 30.0 Å². The fourth-order valence-electron chi connectivity index (χ4n) is 4.99. The molecule has 0 radical (unpaired) electrons. The molecule has 2 aliphatic heterocycles. The van der Waals surface area contributed by atoms with Crippen LogP contribution in [0.15, 0.2) is 47.4 Å². The molecule has 2 aliphatic rings. The van der Waals surface area contributed by atoms with Crippen LogP contribution in [-0.2, 0) is 16.1 Å². The molecule has 4 rings (SSSR count). The molecule has 2 fully saturated rings. The highest BCUT2D eigenvalue weighted by molar-refractivity contribution is 5.77. The Kier molecular flexibility index (Phi) is 5.83. The molecule has 1 amide bonds. The smallest absolute Gasteiger partial charge is 0.252 e. The van der Waals surface area contributed by atoms with E-state index in [1.165, 1.54) is 11.1 Å².